The number of aromatic nitrogens is 1. The molecule has 0 amide bonds. The minimum atomic E-state index is -0.397. The van der Waals surface area contributed by atoms with Gasteiger partial charge in [0, 0.05) is 9.86 Å². The first-order chi connectivity index (χ1) is 11.0. The highest BCUT2D eigenvalue weighted by molar-refractivity contribution is 9.10. The van der Waals surface area contributed by atoms with Crippen LogP contribution in [0.4, 0.5) is 0 Å². The predicted octanol–water partition coefficient (Wildman–Crippen LogP) is 3.80. The molecule has 0 aliphatic heterocycles. The fourth-order valence-electron chi connectivity index (χ4n) is 2.49. The van der Waals surface area contributed by atoms with E-state index in [0.717, 1.165) is 15.4 Å². The highest BCUT2D eigenvalue weighted by Gasteiger charge is 2.12. The molecule has 0 radical (unpaired) electrons. The van der Waals surface area contributed by atoms with Crippen molar-refractivity contribution in [3.8, 4) is 17.8 Å². The Bertz CT molecular complexity index is 1080. The predicted molar refractivity (Wildman–Crippen MR) is 91.4 cm³/mol. The zero-order valence-electron chi connectivity index (χ0n) is 12.2. The molecule has 5 heteroatoms. The van der Waals surface area contributed by atoms with Gasteiger partial charge in [-0.15, -0.1) is 0 Å². The highest BCUT2D eigenvalue weighted by Crippen LogP contribution is 2.23. The zero-order chi connectivity index (χ0) is 16.6. The first-order valence-electron chi connectivity index (χ1n) is 6.81. The van der Waals surface area contributed by atoms with Crippen molar-refractivity contribution in [2.45, 2.75) is 6.92 Å². The van der Waals surface area contributed by atoms with Crippen molar-refractivity contribution in [2.75, 3.05) is 0 Å². The third kappa shape index (κ3) is 2.52. The van der Waals surface area contributed by atoms with E-state index in [2.05, 4.69) is 22.0 Å². The molecule has 0 unspecified atom stereocenters. The van der Waals surface area contributed by atoms with Gasteiger partial charge in [0.05, 0.1) is 22.8 Å². The normalized spacial score (nSPS) is 10.3. The molecule has 1 heterocycles. The molecule has 0 aliphatic rings. The van der Waals surface area contributed by atoms with Gasteiger partial charge in [0.25, 0.3) is 5.56 Å². The van der Waals surface area contributed by atoms with Crippen LogP contribution in [0, 0.1) is 29.6 Å². The fourth-order valence-corrected chi connectivity index (χ4v) is 2.83. The van der Waals surface area contributed by atoms with Gasteiger partial charge in [-0.2, -0.15) is 10.5 Å². The summed E-state index contributed by atoms with van der Waals surface area (Å²) >= 11 is 3.41. The summed E-state index contributed by atoms with van der Waals surface area (Å²) in [6.07, 6.45) is 0. The molecule has 3 aromatic rings. The minimum Gasteiger partial charge on any atom is -0.276 e. The topological polar surface area (TPSA) is 69.6 Å². The summed E-state index contributed by atoms with van der Waals surface area (Å²) in [5.41, 5.74) is 2.25. The van der Waals surface area contributed by atoms with Crippen LogP contribution >= 0.6 is 15.9 Å². The zero-order valence-corrected chi connectivity index (χ0v) is 13.8. The number of hydrogen-bond donors (Lipinski definition) is 0. The fraction of sp³-hybridized carbons (Fsp3) is 0.0556. The van der Waals surface area contributed by atoms with Gasteiger partial charge in [-0.3, -0.25) is 9.36 Å². The molecule has 0 bridgehead atoms. The van der Waals surface area contributed by atoms with E-state index >= 15 is 0 Å². The number of hydrogen-bond acceptors (Lipinski definition) is 3. The summed E-state index contributed by atoms with van der Waals surface area (Å²) in [5.74, 6) is 0. The van der Waals surface area contributed by atoms with Crippen LogP contribution in [-0.4, -0.2) is 4.57 Å². The van der Waals surface area contributed by atoms with Crippen LogP contribution in [0.3, 0.4) is 0 Å². The molecule has 0 saturated carbocycles. The highest BCUT2D eigenvalue weighted by atomic mass is 79.9. The second kappa shape index (κ2) is 5.72. The molecule has 0 fully saturated rings. The van der Waals surface area contributed by atoms with Gasteiger partial charge in [0.1, 0.15) is 11.6 Å². The van der Waals surface area contributed by atoms with Crippen molar-refractivity contribution in [1.82, 2.24) is 4.57 Å². The molecule has 1 aromatic heterocycles. The molecule has 110 valence electrons. The summed E-state index contributed by atoms with van der Waals surface area (Å²) in [6, 6.07) is 16.4. The maximum absolute atomic E-state index is 12.7. The number of benzene rings is 2. The number of nitrogens with zero attached hydrogens (tertiary/aromatic N) is 3. The Kier molecular flexibility index (Phi) is 3.73. The van der Waals surface area contributed by atoms with Gasteiger partial charge in [-0.25, -0.2) is 0 Å². The van der Waals surface area contributed by atoms with Gasteiger partial charge in [0.15, 0.2) is 0 Å². The number of aryl methyl sites for hydroxylation is 1. The molecule has 2 aromatic carbocycles. The molecule has 3 rings (SSSR count). The third-order valence-electron chi connectivity index (χ3n) is 3.69. The molecule has 0 atom stereocenters. The Hall–Kier alpha value is -2.89. The van der Waals surface area contributed by atoms with Crippen LogP contribution in [-0.2, 0) is 0 Å². The van der Waals surface area contributed by atoms with Crippen molar-refractivity contribution < 1.29 is 0 Å². The van der Waals surface area contributed by atoms with Crippen LogP contribution in [0.1, 0.15) is 16.7 Å². The second-order valence-electron chi connectivity index (χ2n) is 5.12. The standard InChI is InChI=1S/C18H10BrN3O/c1-11-2-5-16(7-13(11)9-20)22-17-8-15(19)4-3-12(17)6-14(10-21)18(22)23/h2-8H,1H3. The van der Waals surface area contributed by atoms with Crippen molar-refractivity contribution in [1.29, 1.82) is 10.5 Å². The second-order valence-corrected chi connectivity index (χ2v) is 6.04. The van der Waals surface area contributed by atoms with E-state index in [1.54, 1.807) is 24.3 Å². The summed E-state index contributed by atoms with van der Waals surface area (Å²) in [5, 5.41) is 19.2. The Morgan fingerprint density at radius 1 is 1.00 bits per heavy atom. The maximum atomic E-state index is 12.7. The van der Waals surface area contributed by atoms with E-state index < -0.39 is 5.56 Å². The van der Waals surface area contributed by atoms with E-state index in [1.165, 1.54) is 4.57 Å². The van der Waals surface area contributed by atoms with Crippen molar-refractivity contribution in [3.63, 3.8) is 0 Å². The van der Waals surface area contributed by atoms with Crippen LogP contribution < -0.4 is 5.56 Å². The molecule has 0 aliphatic carbocycles. The molecule has 0 saturated heterocycles. The van der Waals surface area contributed by atoms with Gasteiger partial charge in [-0.05, 0) is 42.8 Å². The van der Waals surface area contributed by atoms with Gasteiger partial charge < -0.3 is 0 Å². The lowest BCUT2D eigenvalue weighted by atomic mass is 10.1. The van der Waals surface area contributed by atoms with Crippen molar-refractivity contribution in [3.05, 3.63) is 74.0 Å². The minimum absolute atomic E-state index is 0.0684. The Morgan fingerprint density at radius 2 is 1.74 bits per heavy atom. The van der Waals surface area contributed by atoms with Gasteiger partial charge in [0.2, 0.25) is 0 Å². The Labute approximate surface area is 141 Å². The third-order valence-corrected chi connectivity index (χ3v) is 4.18. The molecule has 4 nitrogen and oxygen atoms in total. The number of nitriles is 2. The lowest BCUT2D eigenvalue weighted by Gasteiger charge is -2.12. The largest absolute Gasteiger partial charge is 0.276 e. The van der Waals surface area contributed by atoms with E-state index in [0.29, 0.717) is 16.8 Å². The van der Waals surface area contributed by atoms with E-state index in [1.807, 2.05) is 31.2 Å². The van der Waals surface area contributed by atoms with E-state index in [9.17, 15) is 15.3 Å². The average molecular weight is 364 g/mol. The lowest BCUT2D eigenvalue weighted by Crippen LogP contribution is -2.21. The van der Waals surface area contributed by atoms with Gasteiger partial charge >= 0.3 is 0 Å². The van der Waals surface area contributed by atoms with Gasteiger partial charge in [-0.1, -0.05) is 28.1 Å². The van der Waals surface area contributed by atoms with Crippen LogP contribution in [0.2, 0.25) is 0 Å². The number of fused-ring (bicyclic) bond motifs is 1. The number of rotatable bonds is 1. The quantitative estimate of drug-likeness (QED) is 0.659. The van der Waals surface area contributed by atoms with Crippen LogP contribution in [0.5, 0.6) is 0 Å². The summed E-state index contributed by atoms with van der Waals surface area (Å²) in [4.78, 5) is 12.7. The van der Waals surface area contributed by atoms with E-state index in [4.69, 9.17) is 0 Å². The first kappa shape index (κ1) is 15.0. The summed E-state index contributed by atoms with van der Waals surface area (Å²) in [6.45, 7) is 1.84. The average Bonchev–Trinajstić information content (AvgIpc) is 2.55. The van der Waals surface area contributed by atoms with Crippen LogP contribution in [0.25, 0.3) is 16.6 Å². The SMILES string of the molecule is Cc1ccc(-n2c(=O)c(C#N)cc3ccc(Br)cc32)cc1C#N. The molecular formula is C18H10BrN3O. The summed E-state index contributed by atoms with van der Waals surface area (Å²) in [7, 11) is 0. The first-order valence-corrected chi connectivity index (χ1v) is 7.61. The number of halogens is 1. The Balaban J connectivity index is 2.47. The smallest absolute Gasteiger partial charge is 0.273 e. The van der Waals surface area contributed by atoms with Crippen LogP contribution in [0.15, 0.2) is 51.7 Å². The Morgan fingerprint density at radius 3 is 2.43 bits per heavy atom. The monoisotopic (exact) mass is 363 g/mol. The number of pyridine rings is 1. The van der Waals surface area contributed by atoms with E-state index in [-0.39, 0.29) is 5.56 Å². The molecule has 0 spiro atoms. The van der Waals surface area contributed by atoms with Crippen molar-refractivity contribution >= 4 is 26.8 Å². The molecule has 23 heavy (non-hydrogen) atoms. The summed E-state index contributed by atoms with van der Waals surface area (Å²) < 4.78 is 2.30. The molecule has 0 N–H and O–H groups in total. The van der Waals surface area contributed by atoms with Crippen molar-refractivity contribution in [2.24, 2.45) is 0 Å². The molecular weight excluding hydrogens is 354 g/mol. The lowest BCUT2D eigenvalue weighted by molar-refractivity contribution is 1.03. The maximum Gasteiger partial charge on any atom is 0.273 e.